The zero-order valence-corrected chi connectivity index (χ0v) is 17.7. The Kier molecular flexibility index (Phi) is 7.39. The van der Waals surface area contributed by atoms with Gasteiger partial charge in [0.1, 0.15) is 11.1 Å². The fraction of sp³-hybridized carbons (Fsp3) is 0.167. The van der Waals surface area contributed by atoms with Crippen molar-refractivity contribution in [2.45, 2.75) is 13.8 Å². The van der Waals surface area contributed by atoms with Crippen LogP contribution < -0.4 is 9.47 Å². The Bertz CT molecular complexity index is 1110. The first kappa shape index (κ1) is 23.7. The predicted molar refractivity (Wildman–Crippen MR) is 113 cm³/mol. The lowest BCUT2D eigenvalue weighted by atomic mass is 9.93. The van der Waals surface area contributed by atoms with Crippen LogP contribution in [0.25, 0.3) is 11.1 Å². The number of ether oxygens (including phenoxy) is 4. The van der Waals surface area contributed by atoms with E-state index in [0.717, 1.165) is 28.1 Å². The van der Waals surface area contributed by atoms with Gasteiger partial charge in [-0.15, -0.1) is 12.8 Å². The van der Waals surface area contributed by atoms with Crippen molar-refractivity contribution in [3.8, 4) is 47.3 Å². The molecular weight excluding hydrogens is 416 g/mol. The Morgan fingerprint density at radius 2 is 1.03 bits per heavy atom. The number of carbonyl (C=O) groups excluding carboxylic acids is 4. The van der Waals surface area contributed by atoms with E-state index in [0.29, 0.717) is 0 Å². The Morgan fingerprint density at radius 3 is 1.28 bits per heavy atom. The molecule has 2 aromatic carbocycles. The quantitative estimate of drug-likeness (QED) is 0.402. The van der Waals surface area contributed by atoms with Crippen LogP contribution in [0, 0.1) is 24.7 Å². The van der Waals surface area contributed by atoms with Crippen LogP contribution in [0.4, 0.5) is 0 Å². The molecule has 2 aromatic rings. The molecule has 0 unspecified atom stereocenters. The zero-order valence-electron chi connectivity index (χ0n) is 17.7. The maximum atomic E-state index is 12.4. The van der Waals surface area contributed by atoms with Gasteiger partial charge in [0.25, 0.3) is 0 Å². The van der Waals surface area contributed by atoms with E-state index in [1.54, 1.807) is 0 Å². The molecule has 0 N–H and O–H groups in total. The van der Waals surface area contributed by atoms with E-state index in [2.05, 4.69) is 11.8 Å². The second-order valence-electron chi connectivity index (χ2n) is 6.26. The average Bonchev–Trinajstić information content (AvgIpc) is 2.77. The molecule has 0 heterocycles. The normalized spacial score (nSPS) is 9.69. The summed E-state index contributed by atoms with van der Waals surface area (Å²) in [6.45, 7) is 2.26. The lowest BCUT2D eigenvalue weighted by molar-refractivity contribution is -0.133. The summed E-state index contributed by atoms with van der Waals surface area (Å²) in [6.07, 6.45) is 11.1. The number of terminal acetylenes is 2. The number of rotatable bonds is 5. The van der Waals surface area contributed by atoms with Crippen molar-refractivity contribution < 1.29 is 38.1 Å². The van der Waals surface area contributed by atoms with Gasteiger partial charge in [0, 0.05) is 36.1 Å². The van der Waals surface area contributed by atoms with Crippen LogP contribution in [-0.2, 0) is 19.1 Å². The molecule has 0 saturated carbocycles. The second kappa shape index (κ2) is 9.96. The summed E-state index contributed by atoms with van der Waals surface area (Å²) in [5.41, 5.74) is 0.246. The highest BCUT2D eigenvalue weighted by molar-refractivity contribution is 6.01. The molecule has 0 amide bonds. The summed E-state index contributed by atoms with van der Waals surface area (Å²) in [4.78, 5) is 48.4. The smallest absolute Gasteiger partial charge is 0.341 e. The second-order valence-corrected chi connectivity index (χ2v) is 6.26. The minimum Gasteiger partial charge on any atom is -0.465 e. The number of benzene rings is 2. The highest BCUT2D eigenvalue weighted by atomic mass is 16.6. The highest BCUT2D eigenvalue weighted by Gasteiger charge is 2.27. The van der Waals surface area contributed by atoms with E-state index < -0.39 is 23.9 Å². The predicted octanol–water partition coefficient (Wildman–Crippen LogP) is 2.74. The SMILES string of the molecule is C#Cc1cc(C(=O)OC)c(OC(C)=O)c(-c2cc(C#C)cc(C(=O)OC)c2OC(C)=O)c1. The van der Waals surface area contributed by atoms with Crippen molar-refractivity contribution in [3.63, 3.8) is 0 Å². The molecular formula is C24H18O8. The van der Waals surface area contributed by atoms with Crippen LogP contribution in [-0.4, -0.2) is 38.1 Å². The van der Waals surface area contributed by atoms with Crippen molar-refractivity contribution in [2.75, 3.05) is 14.2 Å². The minimum absolute atomic E-state index is 0.0644. The maximum absolute atomic E-state index is 12.4. The van der Waals surface area contributed by atoms with Gasteiger partial charge in [0.2, 0.25) is 0 Å². The first-order chi connectivity index (χ1) is 15.2. The third-order valence-corrected chi connectivity index (χ3v) is 4.10. The standard InChI is InChI=1S/C24H18O8/c1-7-15-9-17(21(31-13(3)25)19(11-15)23(27)29-5)18-10-16(8-2)12-20(24(28)30-6)22(18)32-14(4)26/h1-2,9-12H,3-6H3. The van der Waals surface area contributed by atoms with Crippen molar-refractivity contribution in [1.29, 1.82) is 0 Å². The molecule has 8 nitrogen and oxygen atoms in total. The topological polar surface area (TPSA) is 105 Å². The summed E-state index contributed by atoms with van der Waals surface area (Å²) < 4.78 is 20.1. The zero-order chi connectivity index (χ0) is 24.0. The first-order valence-corrected chi connectivity index (χ1v) is 8.99. The number of esters is 4. The van der Waals surface area contributed by atoms with E-state index in [-0.39, 0.29) is 44.9 Å². The Balaban J connectivity index is 3.09. The molecule has 0 bridgehead atoms. The number of carbonyl (C=O) groups is 4. The molecule has 0 aromatic heterocycles. The van der Waals surface area contributed by atoms with Gasteiger partial charge in [-0.3, -0.25) is 9.59 Å². The summed E-state index contributed by atoms with van der Waals surface area (Å²) >= 11 is 0. The maximum Gasteiger partial charge on any atom is 0.341 e. The van der Waals surface area contributed by atoms with Crippen LogP contribution in [0.5, 0.6) is 11.5 Å². The first-order valence-electron chi connectivity index (χ1n) is 8.99. The number of hydrogen-bond acceptors (Lipinski definition) is 8. The lowest BCUT2D eigenvalue weighted by Crippen LogP contribution is -2.13. The van der Waals surface area contributed by atoms with Gasteiger partial charge in [0.05, 0.1) is 14.2 Å². The van der Waals surface area contributed by atoms with Gasteiger partial charge in [-0.2, -0.15) is 0 Å². The van der Waals surface area contributed by atoms with E-state index in [1.807, 2.05) is 0 Å². The molecule has 8 heteroatoms. The van der Waals surface area contributed by atoms with Crippen molar-refractivity contribution >= 4 is 23.9 Å². The fourth-order valence-electron chi connectivity index (χ4n) is 2.86. The van der Waals surface area contributed by atoms with Gasteiger partial charge in [-0.25, -0.2) is 9.59 Å². The lowest BCUT2D eigenvalue weighted by Gasteiger charge is -2.18. The molecule has 162 valence electrons. The molecule has 0 radical (unpaired) electrons. The Hall–Kier alpha value is -4.56. The number of methoxy groups -OCH3 is 2. The van der Waals surface area contributed by atoms with Gasteiger partial charge in [-0.1, -0.05) is 11.8 Å². The summed E-state index contributed by atoms with van der Waals surface area (Å²) in [5.74, 6) is 1.16. The van der Waals surface area contributed by atoms with E-state index in [4.69, 9.17) is 31.8 Å². The summed E-state index contributed by atoms with van der Waals surface area (Å²) in [7, 11) is 2.28. The largest absolute Gasteiger partial charge is 0.465 e. The van der Waals surface area contributed by atoms with Crippen LogP contribution in [0.1, 0.15) is 45.7 Å². The molecule has 0 aliphatic carbocycles. The third kappa shape index (κ3) is 4.94. The molecule has 0 fully saturated rings. The molecule has 2 rings (SSSR count). The van der Waals surface area contributed by atoms with Gasteiger partial charge in [-0.05, 0) is 24.3 Å². The minimum atomic E-state index is -0.838. The highest BCUT2D eigenvalue weighted by Crippen LogP contribution is 2.42. The summed E-state index contributed by atoms with van der Waals surface area (Å²) in [6, 6.07) is 5.42. The van der Waals surface area contributed by atoms with Crippen molar-refractivity contribution in [2.24, 2.45) is 0 Å². The van der Waals surface area contributed by atoms with Crippen LogP contribution in [0.3, 0.4) is 0 Å². The third-order valence-electron chi connectivity index (χ3n) is 4.10. The summed E-state index contributed by atoms with van der Waals surface area (Å²) in [5, 5.41) is 0. The van der Waals surface area contributed by atoms with Gasteiger partial charge < -0.3 is 18.9 Å². The molecule has 0 spiro atoms. The van der Waals surface area contributed by atoms with Crippen molar-refractivity contribution in [1.82, 2.24) is 0 Å². The molecule has 0 saturated heterocycles. The molecule has 0 aliphatic rings. The van der Waals surface area contributed by atoms with Crippen LogP contribution in [0.15, 0.2) is 24.3 Å². The molecule has 32 heavy (non-hydrogen) atoms. The van der Waals surface area contributed by atoms with E-state index in [9.17, 15) is 19.2 Å². The Labute approximate surface area is 184 Å². The molecule has 0 aliphatic heterocycles. The van der Waals surface area contributed by atoms with Gasteiger partial charge in [0.15, 0.2) is 11.5 Å². The van der Waals surface area contributed by atoms with Gasteiger partial charge >= 0.3 is 23.9 Å². The van der Waals surface area contributed by atoms with Crippen LogP contribution in [0.2, 0.25) is 0 Å². The molecule has 0 atom stereocenters. The Morgan fingerprint density at radius 1 is 0.688 bits per heavy atom. The van der Waals surface area contributed by atoms with E-state index in [1.165, 1.54) is 24.3 Å². The number of hydrogen-bond donors (Lipinski definition) is 0. The van der Waals surface area contributed by atoms with Crippen LogP contribution >= 0.6 is 0 Å². The van der Waals surface area contributed by atoms with E-state index >= 15 is 0 Å². The monoisotopic (exact) mass is 434 g/mol. The van der Waals surface area contributed by atoms with Crippen molar-refractivity contribution in [3.05, 3.63) is 46.5 Å². The fourth-order valence-corrected chi connectivity index (χ4v) is 2.86. The average molecular weight is 434 g/mol.